The number of nitrogens with zero attached hydrogens (tertiary/aromatic N) is 1. The van der Waals surface area contributed by atoms with Crippen LogP contribution in [0, 0.1) is 11.6 Å². The minimum Gasteiger partial charge on any atom is -0.267 e. The number of benzene rings is 3. The van der Waals surface area contributed by atoms with Gasteiger partial charge in [0.05, 0.1) is 6.54 Å². The van der Waals surface area contributed by atoms with Crippen molar-refractivity contribution in [1.82, 2.24) is 5.06 Å². The largest absolute Gasteiger partial charge is 0.277 e. The van der Waals surface area contributed by atoms with Crippen LogP contribution in [-0.2, 0) is 18.0 Å². The number of hydroxylamine groups is 2. The maximum Gasteiger partial charge on any atom is 0.277 e. The second kappa shape index (κ2) is 8.36. The average Bonchev–Trinajstić information content (AvgIpc) is 2.68. The monoisotopic (exact) mass is 353 g/mol. The van der Waals surface area contributed by atoms with E-state index in [1.807, 2.05) is 0 Å². The molecule has 3 aromatic carbocycles. The number of rotatable bonds is 6. The third-order valence-electron chi connectivity index (χ3n) is 3.85. The zero-order chi connectivity index (χ0) is 18.4. The lowest BCUT2D eigenvalue weighted by molar-refractivity contribution is -0.141. The Balaban J connectivity index is 1.82. The van der Waals surface area contributed by atoms with E-state index in [-0.39, 0.29) is 13.2 Å². The fraction of sp³-hybridized carbons (Fsp3) is 0.0952. The lowest BCUT2D eigenvalue weighted by Gasteiger charge is -2.22. The summed E-state index contributed by atoms with van der Waals surface area (Å²) >= 11 is 0. The van der Waals surface area contributed by atoms with Crippen molar-refractivity contribution >= 4 is 5.91 Å². The van der Waals surface area contributed by atoms with Crippen LogP contribution in [0.4, 0.5) is 8.78 Å². The van der Waals surface area contributed by atoms with E-state index in [4.69, 9.17) is 4.84 Å². The molecule has 0 radical (unpaired) electrons. The molecule has 1 amide bonds. The van der Waals surface area contributed by atoms with Crippen molar-refractivity contribution in [1.29, 1.82) is 0 Å². The van der Waals surface area contributed by atoms with E-state index >= 15 is 0 Å². The summed E-state index contributed by atoms with van der Waals surface area (Å²) in [4.78, 5) is 18.3. The summed E-state index contributed by atoms with van der Waals surface area (Å²) in [5.41, 5.74) is 1.02. The molecular weight excluding hydrogens is 336 g/mol. The molecule has 0 atom stereocenters. The first-order valence-electron chi connectivity index (χ1n) is 8.12. The number of carbonyl (C=O) groups is 1. The molecule has 3 aromatic rings. The molecule has 0 spiro atoms. The van der Waals surface area contributed by atoms with E-state index in [0.29, 0.717) is 16.7 Å². The summed E-state index contributed by atoms with van der Waals surface area (Å²) in [7, 11) is 0. The molecule has 0 saturated heterocycles. The molecule has 0 aromatic heterocycles. The van der Waals surface area contributed by atoms with Crippen LogP contribution in [0.25, 0.3) is 0 Å². The Bertz CT molecular complexity index is 884. The molecule has 0 aliphatic heterocycles. The standard InChI is InChI=1S/C21H17F2NO2/c22-19-12-6-4-10-17(19)14-24(21(25)16-8-2-1-3-9-16)26-15-18-11-5-7-13-20(18)23/h1-13H,14-15H2. The summed E-state index contributed by atoms with van der Waals surface area (Å²) in [5.74, 6) is -1.29. The highest BCUT2D eigenvalue weighted by Gasteiger charge is 2.19. The van der Waals surface area contributed by atoms with Crippen molar-refractivity contribution in [2.75, 3.05) is 0 Å². The van der Waals surface area contributed by atoms with Gasteiger partial charge in [-0.3, -0.25) is 9.63 Å². The van der Waals surface area contributed by atoms with Crippen LogP contribution < -0.4 is 0 Å². The fourth-order valence-corrected chi connectivity index (χ4v) is 2.45. The highest BCUT2D eigenvalue weighted by atomic mass is 19.1. The topological polar surface area (TPSA) is 29.5 Å². The van der Waals surface area contributed by atoms with Gasteiger partial charge in [-0.2, -0.15) is 0 Å². The average molecular weight is 353 g/mol. The molecule has 0 N–H and O–H groups in total. The quantitative estimate of drug-likeness (QED) is 0.599. The summed E-state index contributed by atoms with van der Waals surface area (Å²) in [6, 6.07) is 20.8. The number of hydrogen-bond donors (Lipinski definition) is 0. The highest BCUT2D eigenvalue weighted by molar-refractivity contribution is 5.93. The van der Waals surface area contributed by atoms with Crippen LogP contribution >= 0.6 is 0 Å². The second-order valence-corrected chi connectivity index (χ2v) is 5.66. The van der Waals surface area contributed by atoms with Gasteiger partial charge in [0.2, 0.25) is 0 Å². The molecular formula is C21H17F2NO2. The number of halogens is 2. The van der Waals surface area contributed by atoms with E-state index < -0.39 is 17.5 Å². The van der Waals surface area contributed by atoms with Gasteiger partial charge >= 0.3 is 0 Å². The predicted octanol–water partition coefficient (Wildman–Crippen LogP) is 4.74. The molecule has 0 unspecified atom stereocenters. The van der Waals surface area contributed by atoms with Crippen LogP contribution in [0.1, 0.15) is 21.5 Å². The minimum absolute atomic E-state index is 0.0884. The van der Waals surface area contributed by atoms with Crippen LogP contribution in [-0.4, -0.2) is 11.0 Å². The maximum atomic E-state index is 14.0. The molecule has 3 rings (SSSR count). The Morgan fingerprint density at radius 1 is 0.769 bits per heavy atom. The minimum atomic E-state index is -0.437. The van der Waals surface area contributed by atoms with Crippen molar-refractivity contribution in [2.45, 2.75) is 13.2 Å². The predicted molar refractivity (Wildman–Crippen MR) is 93.9 cm³/mol. The Labute approximate surface area is 150 Å². The van der Waals surface area contributed by atoms with E-state index in [1.165, 1.54) is 12.1 Å². The second-order valence-electron chi connectivity index (χ2n) is 5.66. The Hall–Kier alpha value is -3.05. The summed E-state index contributed by atoms with van der Waals surface area (Å²) in [6.07, 6.45) is 0. The summed E-state index contributed by atoms with van der Waals surface area (Å²) in [6.45, 7) is -0.228. The molecule has 0 saturated carbocycles. The van der Waals surface area contributed by atoms with Crippen LogP contribution in [0.2, 0.25) is 0 Å². The van der Waals surface area contributed by atoms with Gasteiger partial charge < -0.3 is 0 Å². The number of carbonyl (C=O) groups excluding carboxylic acids is 1. The van der Waals surface area contributed by atoms with Gasteiger partial charge in [0, 0.05) is 16.7 Å². The number of amides is 1. The molecule has 0 heterocycles. The number of hydrogen-bond acceptors (Lipinski definition) is 2. The van der Waals surface area contributed by atoms with Gasteiger partial charge in [-0.25, -0.2) is 13.8 Å². The van der Waals surface area contributed by atoms with Gasteiger partial charge in [-0.1, -0.05) is 54.6 Å². The van der Waals surface area contributed by atoms with E-state index in [0.717, 1.165) is 5.06 Å². The first kappa shape index (κ1) is 17.8. The molecule has 0 aliphatic carbocycles. The van der Waals surface area contributed by atoms with Crippen molar-refractivity contribution in [2.24, 2.45) is 0 Å². The fourth-order valence-electron chi connectivity index (χ4n) is 2.45. The van der Waals surface area contributed by atoms with Crippen LogP contribution in [0.5, 0.6) is 0 Å². The summed E-state index contributed by atoms with van der Waals surface area (Å²) in [5, 5.41) is 1.06. The van der Waals surface area contributed by atoms with Crippen LogP contribution in [0.15, 0.2) is 78.9 Å². The van der Waals surface area contributed by atoms with Crippen LogP contribution in [0.3, 0.4) is 0 Å². The third-order valence-corrected chi connectivity index (χ3v) is 3.85. The normalized spacial score (nSPS) is 10.5. The van der Waals surface area contributed by atoms with Crippen molar-refractivity contribution in [3.8, 4) is 0 Å². The third kappa shape index (κ3) is 4.32. The van der Waals surface area contributed by atoms with Crippen molar-refractivity contribution < 1.29 is 18.4 Å². The maximum absolute atomic E-state index is 14.0. The molecule has 26 heavy (non-hydrogen) atoms. The molecule has 3 nitrogen and oxygen atoms in total. The van der Waals surface area contributed by atoms with E-state index in [9.17, 15) is 13.6 Å². The van der Waals surface area contributed by atoms with Gasteiger partial charge in [0.15, 0.2) is 0 Å². The Morgan fingerprint density at radius 3 is 1.92 bits per heavy atom. The van der Waals surface area contributed by atoms with Crippen molar-refractivity contribution in [3.63, 3.8) is 0 Å². The Kier molecular flexibility index (Phi) is 5.71. The lowest BCUT2D eigenvalue weighted by atomic mass is 10.2. The molecule has 5 heteroatoms. The van der Waals surface area contributed by atoms with Crippen molar-refractivity contribution in [3.05, 3.63) is 107 Å². The molecule has 0 bridgehead atoms. The van der Waals surface area contributed by atoms with E-state index in [2.05, 4.69) is 0 Å². The Morgan fingerprint density at radius 2 is 1.31 bits per heavy atom. The van der Waals surface area contributed by atoms with Gasteiger partial charge in [-0.05, 0) is 24.3 Å². The van der Waals surface area contributed by atoms with Gasteiger partial charge in [-0.15, -0.1) is 0 Å². The first-order valence-corrected chi connectivity index (χ1v) is 8.12. The van der Waals surface area contributed by atoms with E-state index in [1.54, 1.807) is 66.7 Å². The zero-order valence-corrected chi connectivity index (χ0v) is 13.9. The highest BCUT2D eigenvalue weighted by Crippen LogP contribution is 2.16. The summed E-state index contributed by atoms with van der Waals surface area (Å²) < 4.78 is 27.8. The zero-order valence-electron chi connectivity index (χ0n) is 13.9. The smallest absolute Gasteiger partial charge is 0.267 e. The first-order chi connectivity index (χ1) is 12.6. The van der Waals surface area contributed by atoms with Gasteiger partial charge in [0.1, 0.15) is 18.2 Å². The molecule has 132 valence electrons. The molecule has 0 aliphatic rings. The lowest BCUT2D eigenvalue weighted by Crippen LogP contribution is -2.31. The molecule has 0 fully saturated rings. The van der Waals surface area contributed by atoms with Gasteiger partial charge in [0.25, 0.3) is 5.91 Å². The SMILES string of the molecule is O=C(c1ccccc1)N(Cc1ccccc1F)OCc1ccccc1F.